The molecule has 0 fully saturated rings. The highest BCUT2D eigenvalue weighted by molar-refractivity contribution is 7.18. The van der Waals surface area contributed by atoms with E-state index in [1.165, 1.54) is 0 Å². The molecule has 0 unspecified atom stereocenters. The average molecular weight is 188 g/mol. The van der Waals surface area contributed by atoms with E-state index in [2.05, 4.69) is 11.1 Å². The van der Waals surface area contributed by atoms with Crippen molar-refractivity contribution in [3.05, 3.63) is 28.8 Å². The maximum absolute atomic E-state index is 8.62. The molecule has 0 bridgehead atoms. The molecule has 0 amide bonds. The first kappa shape index (κ1) is 8.21. The lowest BCUT2D eigenvalue weighted by molar-refractivity contribution is 1.29. The van der Waals surface area contributed by atoms with Crippen molar-refractivity contribution < 1.29 is 0 Å². The molecule has 0 spiro atoms. The van der Waals surface area contributed by atoms with E-state index in [0.717, 1.165) is 20.8 Å². The number of nitrogens with zero attached hydrogens (tertiary/aromatic N) is 2. The van der Waals surface area contributed by atoms with E-state index in [1.807, 2.05) is 25.1 Å². The van der Waals surface area contributed by atoms with E-state index < -0.39 is 0 Å². The molecule has 0 aliphatic rings. The third-order valence-electron chi connectivity index (χ3n) is 1.87. The predicted molar refractivity (Wildman–Crippen MR) is 53.7 cm³/mol. The smallest absolute Gasteiger partial charge is 0.0907 e. The first-order chi connectivity index (χ1) is 6.31. The maximum Gasteiger partial charge on any atom is 0.0907 e. The molecule has 2 rings (SSSR count). The summed E-state index contributed by atoms with van der Waals surface area (Å²) >= 11 is 1.66. The van der Waals surface area contributed by atoms with Gasteiger partial charge in [0.15, 0.2) is 0 Å². The van der Waals surface area contributed by atoms with Crippen LogP contribution in [0.3, 0.4) is 0 Å². The second kappa shape index (κ2) is 3.15. The van der Waals surface area contributed by atoms with Gasteiger partial charge in [-0.05, 0) is 18.6 Å². The molecule has 0 aliphatic heterocycles. The lowest BCUT2D eigenvalue weighted by atomic mass is 10.1. The lowest BCUT2D eigenvalue weighted by Crippen LogP contribution is -1.80. The van der Waals surface area contributed by atoms with Crippen molar-refractivity contribution in [3.63, 3.8) is 0 Å². The summed E-state index contributed by atoms with van der Waals surface area (Å²) in [6, 6.07) is 8.09. The van der Waals surface area contributed by atoms with Crippen LogP contribution >= 0.6 is 11.3 Å². The minimum atomic E-state index is 0.471. The Morgan fingerprint density at radius 2 is 2.38 bits per heavy atom. The van der Waals surface area contributed by atoms with Crippen LogP contribution < -0.4 is 0 Å². The third kappa shape index (κ3) is 1.41. The Kier molecular flexibility index (Phi) is 1.99. The number of aryl methyl sites for hydroxylation is 1. The molecule has 13 heavy (non-hydrogen) atoms. The summed E-state index contributed by atoms with van der Waals surface area (Å²) < 4.78 is 1.15. The Morgan fingerprint density at radius 3 is 3.15 bits per heavy atom. The van der Waals surface area contributed by atoms with Crippen LogP contribution in [0.2, 0.25) is 0 Å². The lowest BCUT2D eigenvalue weighted by Gasteiger charge is -1.93. The molecule has 64 valence electrons. The fourth-order valence-corrected chi connectivity index (χ4v) is 2.27. The van der Waals surface area contributed by atoms with E-state index in [4.69, 9.17) is 5.26 Å². The summed E-state index contributed by atoms with van der Waals surface area (Å²) in [5, 5.41) is 9.68. The Balaban J connectivity index is 2.69. The van der Waals surface area contributed by atoms with Crippen molar-refractivity contribution in [1.29, 1.82) is 5.26 Å². The molecule has 1 aromatic heterocycles. The summed E-state index contributed by atoms with van der Waals surface area (Å²) in [5.74, 6) is 0. The van der Waals surface area contributed by atoms with Crippen molar-refractivity contribution in [2.24, 2.45) is 0 Å². The molecule has 0 radical (unpaired) electrons. The van der Waals surface area contributed by atoms with Crippen molar-refractivity contribution in [1.82, 2.24) is 4.98 Å². The fraction of sp³-hybridized carbons (Fsp3) is 0.200. The minimum Gasteiger partial charge on any atom is -0.242 e. The number of hydrogen-bond acceptors (Lipinski definition) is 3. The highest BCUT2D eigenvalue weighted by Gasteiger charge is 2.04. The molecule has 0 saturated heterocycles. The van der Waals surface area contributed by atoms with Gasteiger partial charge in [-0.1, -0.05) is 12.1 Å². The zero-order chi connectivity index (χ0) is 9.26. The molecular formula is C10H8N2S. The largest absolute Gasteiger partial charge is 0.242 e. The minimum absolute atomic E-state index is 0.471. The van der Waals surface area contributed by atoms with Gasteiger partial charge in [-0.3, -0.25) is 0 Å². The number of aromatic nitrogens is 1. The number of hydrogen-bond donors (Lipinski definition) is 0. The van der Waals surface area contributed by atoms with Gasteiger partial charge < -0.3 is 0 Å². The number of fused-ring (bicyclic) bond motifs is 1. The van der Waals surface area contributed by atoms with Crippen LogP contribution in [0.5, 0.6) is 0 Å². The SMILES string of the molecule is Cc1nc2cccc(CC#N)c2s1. The Bertz CT molecular complexity index is 479. The van der Waals surface area contributed by atoms with Crippen molar-refractivity contribution in [2.45, 2.75) is 13.3 Å². The summed E-state index contributed by atoms with van der Waals surface area (Å²) in [4.78, 5) is 4.37. The second-order valence-electron chi connectivity index (χ2n) is 2.83. The van der Waals surface area contributed by atoms with Crippen LogP contribution in [0, 0.1) is 18.3 Å². The van der Waals surface area contributed by atoms with Gasteiger partial charge in [0.1, 0.15) is 0 Å². The molecule has 3 heteroatoms. The highest BCUT2D eigenvalue weighted by atomic mass is 32.1. The van der Waals surface area contributed by atoms with Crippen LogP contribution in [0.15, 0.2) is 18.2 Å². The zero-order valence-corrected chi connectivity index (χ0v) is 8.06. The number of rotatable bonds is 1. The van der Waals surface area contributed by atoms with Gasteiger partial charge in [0.05, 0.1) is 27.7 Å². The quantitative estimate of drug-likeness (QED) is 0.689. The molecule has 2 aromatic rings. The molecule has 0 aliphatic carbocycles. The Hall–Kier alpha value is -1.40. The first-order valence-corrected chi connectivity index (χ1v) is 4.85. The fourth-order valence-electron chi connectivity index (χ4n) is 1.34. The Morgan fingerprint density at radius 1 is 1.54 bits per heavy atom. The number of thiazole rings is 1. The van der Waals surface area contributed by atoms with Crippen LogP contribution in [-0.2, 0) is 6.42 Å². The van der Waals surface area contributed by atoms with Gasteiger partial charge in [-0.25, -0.2) is 4.98 Å². The van der Waals surface area contributed by atoms with E-state index in [1.54, 1.807) is 11.3 Å². The van der Waals surface area contributed by atoms with Crippen LogP contribution in [0.1, 0.15) is 10.6 Å². The van der Waals surface area contributed by atoms with Gasteiger partial charge >= 0.3 is 0 Å². The monoisotopic (exact) mass is 188 g/mol. The maximum atomic E-state index is 8.62. The van der Waals surface area contributed by atoms with Gasteiger partial charge in [0.2, 0.25) is 0 Å². The summed E-state index contributed by atoms with van der Waals surface area (Å²) in [6.07, 6.45) is 0.471. The van der Waals surface area contributed by atoms with Crippen molar-refractivity contribution in [3.8, 4) is 6.07 Å². The Labute approximate surface area is 80.5 Å². The first-order valence-electron chi connectivity index (χ1n) is 4.03. The van der Waals surface area contributed by atoms with Gasteiger partial charge in [0, 0.05) is 0 Å². The highest BCUT2D eigenvalue weighted by Crippen LogP contribution is 2.25. The summed E-state index contributed by atoms with van der Waals surface area (Å²) in [5.41, 5.74) is 2.10. The molecule has 0 saturated carbocycles. The third-order valence-corrected chi connectivity index (χ3v) is 2.94. The number of nitriles is 1. The van der Waals surface area contributed by atoms with Crippen molar-refractivity contribution in [2.75, 3.05) is 0 Å². The van der Waals surface area contributed by atoms with Crippen molar-refractivity contribution >= 4 is 21.6 Å². The van der Waals surface area contributed by atoms with E-state index in [0.29, 0.717) is 6.42 Å². The van der Waals surface area contributed by atoms with Crippen LogP contribution in [-0.4, -0.2) is 4.98 Å². The average Bonchev–Trinajstić information content (AvgIpc) is 2.47. The van der Waals surface area contributed by atoms with Gasteiger partial charge in [-0.15, -0.1) is 11.3 Å². The van der Waals surface area contributed by atoms with Gasteiger partial charge in [0.25, 0.3) is 0 Å². The molecule has 0 N–H and O–H groups in total. The van der Waals surface area contributed by atoms with Crippen LogP contribution in [0.4, 0.5) is 0 Å². The second-order valence-corrected chi connectivity index (χ2v) is 4.04. The van der Waals surface area contributed by atoms with Crippen LogP contribution in [0.25, 0.3) is 10.2 Å². The molecule has 1 aromatic carbocycles. The predicted octanol–water partition coefficient (Wildman–Crippen LogP) is 2.67. The molecular weight excluding hydrogens is 180 g/mol. The number of benzene rings is 1. The normalized spacial score (nSPS) is 10.2. The van der Waals surface area contributed by atoms with Gasteiger partial charge in [-0.2, -0.15) is 5.26 Å². The standard InChI is InChI=1S/C10H8N2S/c1-7-12-9-4-2-3-8(5-6-11)10(9)13-7/h2-4H,5H2,1H3. The topological polar surface area (TPSA) is 36.7 Å². The summed E-state index contributed by atoms with van der Waals surface area (Å²) in [7, 11) is 0. The molecule has 0 atom stereocenters. The van der Waals surface area contributed by atoms with E-state index in [9.17, 15) is 0 Å². The summed E-state index contributed by atoms with van der Waals surface area (Å²) in [6.45, 7) is 1.99. The molecule has 1 heterocycles. The van der Waals surface area contributed by atoms with E-state index >= 15 is 0 Å². The molecule has 2 nitrogen and oxygen atoms in total. The van der Waals surface area contributed by atoms with E-state index in [-0.39, 0.29) is 0 Å². The zero-order valence-electron chi connectivity index (χ0n) is 7.24.